The fraction of sp³-hybridized carbons (Fsp3) is 0.778. The van der Waals surface area contributed by atoms with E-state index in [-0.39, 0.29) is 15.6 Å². The maximum absolute atomic E-state index is 12.1. The molecule has 7 nitrogen and oxygen atoms in total. The molecule has 1 aliphatic heterocycles. The Labute approximate surface area is 110 Å². The van der Waals surface area contributed by atoms with Crippen molar-refractivity contribution in [3.8, 4) is 0 Å². The van der Waals surface area contributed by atoms with E-state index in [0.717, 1.165) is 30.6 Å². The van der Waals surface area contributed by atoms with Crippen LogP contribution in [-0.2, 0) is 14.8 Å². The Bertz CT molecular complexity index is 496. The summed E-state index contributed by atoms with van der Waals surface area (Å²) in [6.07, 6.45) is 2.96. The zero-order chi connectivity index (χ0) is 13.2. The largest absolute Gasteiger partial charge is 0.377 e. The SMILES string of the molecule is CN(CC1CCCCO1)S(=O)(=O)c1nnc(N)s1. The standard InChI is InChI=1S/C9H16N4O3S2/c1-13(6-7-4-2-3-5-16-7)18(14,15)9-12-11-8(10)17-9/h7H,2-6H2,1H3,(H2,10,11). The highest BCUT2D eigenvalue weighted by Crippen LogP contribution is 2.22. The van der Waals surface area contributed by atoms with Crippen LogP contribution < -0.4 is 5.73 Å². The molecule has 9 heteroatoms. The van der Waals surface area contributed by atoms with Crippen molar-refractivity contribution in [3.63, 3.8) is 0 Å². The molecule has 18 heavy (non-hydrogen) atoms. The van der Waals surface area contributed by atoms with Gasteiger partial charge in [0.1, 0.15) is 0 Å². The van der Waals surface area contributed by atoms with Crippen LogP contribution in [0.25, 0.3) is 0 Å². The fourth-order valence-corrected chi connectivity index (χ4v) is 3.97. The average molecular weight is 292 g/mol. The minimum Gasteiger partial charge on any atom is -0.377 e. The molecule has 0 bridgehead atoms. The van der Waals surface area contributed by atoms with E-state index in [0.29, 0.717) is 13.2 Å². The number of aromatic nitrogens is 2. The second-order valence-electron chi connectivity index (χ2n) is 4.18. The third-order valence-electron chi connectivity index (χ3n) is 2.79. The molecule has 0 amide bonds. The van der Waals surface area contributed by atoms with Gasteiger partial charge in [-0.25, -0.2) is 8.42 Å². The predicted octanol–water partition coefficient (Wildman–Crippen LogP) is 0.310. The van der Waals surface area contributed by atoms with Crippen molar-refractivity contribution < 1.29 is 13.2 Å². The Balaban J connectivity index is 2.05. The van der Waals surface area contributed by atoms with E-state index in [1.807, 2.05) is 0 Å². The zero-order valence-corrected chi connectivity index (χ0v) is 11.7. The summed E-state index contributed by atoms with van der Waals surface area (Å²) >= 11 is 0.870. The normalized spacial score (nSPS) is 21.3. The Hall–Kier alpha value is -0.770. The number of likely N-dealkylation sites (N-methyl/N-ethyl adjacent to an activating group) is 1. The van der Waals surface area contributed by atoms with Crippen LogP contribution in [0, 0.1) is 0 Å². The number of rotatable bonds is 4. The van der Waals surface area contributed by atoms with E-state index in [1.165, 1.54) is 11.4 Å². The molecule has 0 radical (unpaired) electrons. The minimum absolute atomic E-state index is 0.0382. The van der Waals surface area contributed by atoms with Gasteiger partial charge < -0.3 is 10.5 Å². The third-order valence-corrected chi connectivity index (χ3v) is 5.71. The van der Waals surface area contributed by atoms with Crippen molar-refractivity contribution >= 4 is 26.5 Å². The zero-order valence-electron chi connectivity index (χ0n) is 10.1. The minimum atomic E-state index is -3.60. The number of ether oxygens (including phenoxy) is 1. The van der Waals surface area contributed by atoms with Gasteiger partial charge in [-0.1, -0.05) is 11.3 Å². The molecule has 0 spiro atoms. The maximum atomic E-state index is 12.1. The summed E-state index contributed by atoms with van der Waals surface area (Å²) < 4.78 is 31.0. The van der Waals surface area contributed by atoms with E-state index in [1.54, 1.807) is 0 Å². The Morgan fingerprint density at radius 2 is 2.28 bits per heavy atom. The first kappa shape index (κ1) is 13.7. The van der Waals surface area contributed by atoms with Gasteiger partial charge in [-0.05, 0) is 19.3 Å². The monoisotopic (exact) mass is 292 g/mol. The van der Waals surface area contributed by atoms with E-state index >= 15 is 0 Å². The molecule has 0 aromatic carbocycles. The van der Waals surface area contributed by atoms with Crippen LogP contribution in [0.1, 0.15) is 19.3 Å². The number of nitrogen functional groups attached to an aromatic ring is 1. The third kappa shape index (κ3) is 2.97. The summed E-state index contributed by atoms with van der Waals surface area (Å²) in [5.74, 6) is 0. The molecule has 1 aromatic heterocycles. The van der Waals surface area contributed by atoms with E-state index in [2.05, 4.69) is 10.2 Å². The smallest absolute Gasteiger partial charge is 0.272 e. The lowest BCUT2D eigenvalue weighted by Crippen LogP contribution is -2.37. The molecule has 1 atom stereocenters. The van der Waals surface area contributed by atoms with Crippen LogP contribution in [0.2, 0.25) is 0 Å². The van der Waals surface area contributed by atoms with Crippen LogP contribution in [0.3, 0.4) is 0 Å². The van der Waals surface area contributed by atoms with Gasteiger partial charge in [0, 0.05) is 20.2 Å². The molecule has 1 unspecified atom stereocenters. The summed E-state index contributed by atoms with van der Waals surface area (Å²) in [5, 5.41) is 7.24. The van der Waals surface area contributed by atoms with Crippen LogP contribution >= 0.6 is 11.3 Å². The summed E-state index contributed by atoms with van der Waals surface area (Å²) in [4.78, 5) is 0. The predicted molar refractivity (Wildman–Crippen MR) is 67.7 cm³/mol. The molecule has 1 saturated heterocycles. The van der Waals surface area contributed by atoms with E-state index in [9.17, 15) is 8.42 Å². The van der Waals surface area contributed by atoms with Crippen molar-refractivity contribution in [1.29, 1.82) is 0 Å². The number of sulfonamides is 1. The first-order valence-corrected chi connectivity index (χ1v) is 7.93. The number of nitrogens with zero attached hydrogens (tertiary/aromatic N) is 3. The molecule has 1 aliphatic rings. The summed E-state index contributed by atoms with van der Waals surface area (Å²) in [6.45, 7) is 1.03. The molecular formula is C9H16N4O3S2. The van der Waals surface area contributed by atoms with Crippen molar-refractivity contribution in [1.82, 2.24) is 14.5 Å². The van der Waals surface area contributed by atoms with Crippen LogP contribution in [0.15, 0.2) is 4.34 Å². The van der Waals surface area contributed by atoms with Gasteiger partial charge in [0.2, 0.25) is 9.47 Å². The summed E-state index contributed by atoms with van der Waals surface area (Å²) in [7, 11) is -2.08. The molecule has 2 rings (SSSR count). The molecule has 0 aliphatic carbocycles. The molecule has 1 fully saturated rings. The lowest BCUT2D eigenvalue weighted by atomic mass is 10.1. The van der Waals surface area contributed by atoms with E-state index < -0.39 is 10.0 Å². The highest BCUT2D eigenvalue weighted by molar-refractivity contribution is 7.91. The van der Waals surface area contributed by atoms with Gasteiger partial charge in [0.15, 0.2) is 0 Å². The number of anilines is 1. The number of nitrogens with two attached hydrogens (primary N) is 1. The average Bonchev–Trinajstić information content (AvgIpc) is 2.78. The van der Waals surface area contributed by atoms with Gasteiger partial charge in [-0.3, -0.25) is 0 Å². The Kier molecular flexibility index (Phi) is 4.15. The van der Waals surface area contributed by atoms with Gasteiger partial charge in [-0.15, -0.1) is 10.2 Å². The van der Waals surface area contributed by atoms with Gasteiger partial charge in [0.25, 0.3) is 10.0 Å². The van der Waals surface area contributed by atoms with E-state index in [4.69, 9.17) is 10.5 Å². The lowest BCUT2D eigenvalue weighted by Gasteiger charge is -2.26. The molecule has 2 heterocycles. The fourth-order valence-electron chi connectivity index (χ4n) is 1.79. The number of hydrogen-bond acceptors (Lipinski definition) is 7. The van der Waals surface area contributed by atoms with Crippen molar-refractivity contribution in [3.05, 3.63) is 0 Å². The van der Waals surface area contributed by atoms with Crippen molar-refractivity contribution in [2.75, 3.05) is 25.9 Å². The maximum Gasteiger partial charge on any atom is 0.272 e. The topological polar surface area (TPSA) is 98.4 Å². The van der Waals surface area contributed by atoms with Crippen LogP contribution in [-0.4, -0.2) is 49.2 Å². The first-order valence-electron chi connectivity index (χ1n) is 5.67. The highest BCUT2D eigenvalue weighted by atomic mass is 32.2. The van der Waals surface area contributed by atoms with Crippen LogP contribution in [0.4, 0.5) is 5.13 Å². The molecule has 2 N–H and O–H groups in total. The van der Waals surface area contributed by atoms with Gasteiger partial charge in [0.05, 0.1) is 6.10 Å². The first-order chi connectivity index (χ1) is 8.50. The summed E-state index contributed by atoms with van der Waals surface area (Å²) in [5.41, 5.74) is 5.40. The summed E-state index contributed by atoms with van der Waals surface area (Å²) in [6, 6.07) is 0. The Morgan fingerprint density at radius 3 is 2.83 bits per heavy atom. The van der Waals surface area contributed by atoms with Gasteiger partial charge in [-0.2, -0.15) is 4.31 Å². The molecule has 102 valence electrons. The lowest BCUT2D eigenvalue weighted by molar-refractivity contribution is 0.00858. The van der Waals surface area contributed by atoms with Crippen molar-refractivity contribution in [2.45, 2.75) is 29.7 Å². The molecule has 0 saturated carbocycles. The Morgan fingerprint density at radius 1 is 1.50 bits per heavy atom. The van der Waals surface area contributed by atoms with Crippen molar-refractivity contribution in [2.24, 2.45) is 0 Å². The van der Waals surface area contributed by atoms with Gasteiger partial charge >= 0.3 is 0 Å². The molecule has 1 aromatic rings. The highest BCUT2D eigenvalue weighted by Gasteiger charge is 2.28. The quantitative estimate of drug-likeness (QED) is 0.857. The second kappa shape index (κ2) is 5.47. The number of hydrogen-bond donors (Lipinski definition) is 1. The molecular weight excluding hydrogens is 276 g/mol. The van der Waals surface area contributed by atoms with Crippen LogP contribution in [0.5, 0.6) is 0 Å². The second-order valence-corrected chi connectivity index (χ2v) is 7.41.